The molecule has 2 aromatic carbocycles. The Hall–Kier alpha value is -2.57. The van der Waals surface area contributed by atoms with E-state index in [9.17, 15) is 0 Å². The highest BCUT2D eigenvalue weighted by Crippen LogP contribution is 2.23. The standard InChI is InChI=1S/C26H37N5O/c1-3-27-26(28-18-23-11-7-8-12-25(23)30-13-15-32-16-14-30)29-24-17-21(2)31(20-24)19-22-9-5-4-6-10-22/h4-12,21,24H,3,13-20H2,1-2H3,(H2,27,28,29). The molecule has 0 saturated carbocycles. The number of anilines is 1. The number of para-hydroxylation sites is 1. The molecule has 2 atom stereocenters. The molecule has 0 radical (unpaired) electrons. The number of rotatable bonds is 7. The molecule has 0 amide bonds. The van der Waals surface area contributed by atoms with E-state index in [4.69, 9.17) is 9.73 Å². The lowest BCUT2D eigenvalue weighted by atomic mass is 10.1. The molecule has 2 fully saturated rings. The quantitative estimate of drug-likeness (QED) is 0.517. The monoisotopic (exact) mass is 435 g/mol. The van der Waals surface area contributed by atoms with E-state index in [-0.39, 0.29) is 0 Å². The second kappa shape index (κ2) is 11.3. The van der Waals surface area contributed by atoms with E-state index in [1.807, 2.05) is 0 Å². The van der Waals surface area contributed by atoms with Gasteiger partial charge in [-0.1, -0.05) is 48.5 Å². The summed E-state index contributed by atoms with van der Waals surface area (Å²) in [6.07, 6.45) is 1.13. The maximum atomic E-state index is 5.53. The van der Waals surface area contributed by atoms with Crippen LogP contribution in [0, 0.1) is 0 Å². The molecule has 2 N–H and O–H groups in total. The maximum Gasteiger partial charge on any atom is 0.191 e. The second-order valence-corrected chi connectivity index (χ2v) is 8.76. The number of nitrogens with one attached hydrogen (secondary N) is 2. The summed E-state index contributed by atoms with van der Waals surface area (Å²) in [5.74, 6) is 0.906. The summed E-state index contributed by atoms with van der Waals surface area (Å²) in [5.41, 5.74) is 3.91. The summed E-state index contributed by atoms with van der Waals surface area (Å²) < 4.78 is 5.53. The van der Waals surface area contributed by atoms with Crippen LogP contribution < -0.4 is 15.5 Å². The molecule has 4 rings (SSSR count). The smallest absolute Gasteiger partial charge is 0.191 e. The van der Waals surface area contributed by atoms with E-state index in [2.05, 4.69) is 88.9 Å². The van der Waals surface area contributed by atoms with Crippen LogP contribution in [0.3, 0.4) is 0 Å². The Balaban J connectivity index is 1.39. The summed E-state index contributed by atoms with van der Waals surface area (Å²) in [4.78, 5) is 9.93. The van der Waals surface area contributed by atoms with Gasteiger partial charge in [0.15, 0.2) is 5.96 Å². The number of aliphatic imine (C=N–C) groups is 1. The average molecular weight is 436 g/mol. The van der Waals surface area contributed by atoms with Crippen molar-refractivity contribution in [2.45, 2.75) is 45.4 Å². The Bertz CT molecular complexity index is 866. The van der Waals surface area contributed by atoms with Crippen LogP contribution in [0.15, 0.2) is 59.6 Å². The number of benzene rings is 2. The zero-order valence-electron chi connectivity index (χ0n) is 19.5. The zero-order valence-corrected chi connectivity index (χ0v) is 19.5. The van der Waals surface area contributed by atoms with E-state index in [1.165, 1.54) is 16.8 Å². The van der Waals surface area contributed by atoms with Gasteiger partial charge in [0.05, 0.1) is 19.8 Å². The van der Waals surface area contributed by atoms with E-state index in [0.717, 1.165) is 58.3 Å². The van der Waals surface area contributed by atoms with Crippen LogP contribution in [0.25, 0.3) is 0 Å². The van der Waals surface area contributed by atoms with E-state index in [1.54, 1.807) is 0 Å². The molecule has 2 aliphatic rings. The Labute approximate surface area is 192 Å². The van der Waals surface area contributed by atoms with Gasteiger partial charge in [0.2, 0.25) is 0 Å². The molecule has 0 aliphatic carbocycles. The minimum absolute atomic E-state index is 0.404. The Morgan fingerprint density at radius 3 is 2.59 bits per heavy atom. The first-order valence-corrected chi connectivity index (χ1v) is 12.0. The third-order valence-corrected chi connectivity index (χ3v) is 6.37. The minimum atomic E-state index is 0.404. The fourth-order valence-electron chi connectivity index (χ4n) is 4.68. The summed E-state index contributed by atoms with van der Waals surface area (Å²) >= 11 is 0. The van der Waals surface area contributed by atoms with Crippen molar-refractivity contribution in [2.75, 3.05) is 44.3 Å². The normalized spacial score (nSPS) is 22.2. The molecule has 0 aromatic heterocycles. The van der Waals surface area contributed by atoms with Crippen LogP contribution in [-0.2, 0) is 17.8 Å². The van der Waals surface area contributed by atoms with Gasteiger partial charge in [0.1, 0.15) is 0 Å². The molecule has 32 heavy (non-hydrogen) atoms. The van der Waals surface area contributed by atoms with Gasteiger partial charge < -0.3 is 20.3 Å². The van der Waals surface area contributed by atoms with Crippen molar-refractivity contribution in [3.63, 3.8) is 0 Å². The van der Waals surface area contributed by atoms with Crippen LogP contribution in [0.1, 0.15) is 31.4 Å². The van der Waals surface area contributed by atoms with Gasteiger partial charge in [-0.05, 0) is 37.5 Å². The van der Waals surface area contributed by atoms with Crippen molar-refractivity contribution in [3.8, 4) is 0 Å². The van der Waals surface area contributed by atoms with Gasteiger partial charge in [0.25, 0.3) is 0 Å². The molecule has 2 saturated heterocycles. The fraction of sp³-hybridized carbons (Fsp3) is 0.500. The number of morpholine rings is 1. The van der Waals surface area contributed by atoms with Crippen molar-refractivity contribution in [3.05, 3.63) is 65.7 Å². The van der Waals surface area contributed by atoms with Gasteiger partial charge in [-0.2, -0.15) is 0 Å². The number of guanidine groups is 1. The third-order valence-electron chi connectivity index (χ3n) is 6.37. The zero-order chi connectivity index (χ0) is 22.2. The molecular formula is C26H37N5O. The van der Waals surface area contributed by atoms with Crippen LogP contribution in [-0.4, -0.2) is 62.3 Å². The van der Waals surface area contributed by atoms with Crippen molar-refractivity contribution >= 4 is 11.6 Å². The van der Waals surface area contributed by atoms with Crippen LogP contribution in [0.4, 0.5) is 5.69 Å². The van der Waals surface area contributed by atoms with Gasteiger partial charge in [0, 0.05) is 50.5 Å². The van der Waals surface area contributed by atoms with Crippen molar-refractivity contribution in [2.24, 2.45) is 4.99 Å². The fourth-order valence-corrected chi connectivity index (χ4v) is 4.68. The first-order valence-electron chi connectivity index (χ1n) is 12.0. The van der Waals surface area contributed by atoms with Gasteiger partial charge in [-0.15, -0.1) is 0 Å². The Morgan fingerprint density at radius 1 is 1.06 bits per heavy atom. The predicted molar refractivity (Wildman–Crippen MR) is 132 cm³/mol. The molecule has 2 aromatic rings. The molecular weight excluding hydrogens is 398 g/mol. The largest absolute Gasteiger partial charge is 0.378 e. The lowest BCUT2D eigenvalue weighted by Gasteiger charge is -2.30. The van der Waals surface area contributed by atoms with Crippen LogP contribution in [0.5, 0.6) is 0 Å². The summed E-state index contributed by atoms with van der Waals surface area (Å²) in [5, 5.41) is 7.14. The molecule has 2 aliphatic heterocycles. The number of hydrogen-bond acceptors (Lipinski definition) is 4. The van der Waals surface area contributed by atoms with Gasteiger partial charge in [-0.25, -0.2) is 4.99 Å². The predicted octanol–water partition coefficient (Wildman–Crippen LogP) is 3.24. The maximum absolute atomic E-state index is 5.53. The Morgan fingerprint density at radius 2 is 1.81 bits per heavy atom. The highest BCUT2D eigenvalue weighted by Gasteiger charge is 2.29. The minimum Gasteiger partial charge on any atom is -0.378 e. The lowest BCUT2D eigenvalue weighted by Crippen LogP contribution is -2.44. The van der Waals surface area contributed by atoms with Crippen LogP contribution >= 0.6 is 0 Å². The third kappa shape index (κ3) is 6.02. The summed E-state index contributed by atoms with van der Waals surface area (Å²) in [6.45, 7) is 11.5. The number of nitrogens with zero attached hydrogens (tertiary/aromatic N) is 3. The van der Waals surface area contributed by atoms with Gasteiger partial charge in [-0.3, -0.25) is 4.90 Å². The second-order valence-electron chi connectivity index (χ2n) is 8.76. The average Bonchev–Trinajstić information content (AvgIpc) is 3.17. The number of ether oxygens (including phenoxy) is 1. The first-order chi connectivity index (χ1) is 15.7. The lowest BCUT2D eigenvalue weighted by molar-refractivity contribution is 0.122. The number of hydrogen-bond donors (Lipinski definition) is 2. The molecule has 2 unspecified atom stereocenters. The molecule has 172 valence electrons. The summed E-state index contributed by atoms with van der Waals surface area (Å²) in [6, 6.07) is 20.3. The molecule has 6 heteroatoms. The van der Waals surface area contributed by atoms with E-state index in [0.29, 0.717) is 18.6 Å². The van der Waals surface area contributed by atoms with E-state index >= 15 is 0 Å². The SMILES string of the molecule is CCNC(=NCc1ccccc1N1CCOCC1)NC1CC(C)N(Cc2ccccc2)C1. The van der Waals surface area contributed by atoms with Crippen molar-refractivity contribution in [1.29, 1.82) is 0 Å². The highest BCUT2D eigenvalue weighted by atomic mass is 16.5. The van der Waals surface area contributed by atoms with E-state index < -0.39 is 0 Å². The van der Waals surface area contributed by atoms with Crippen LogP contribution in [0.2, 0.25) is 0 Å². The first kappa shape index (κ1) is 22.6. The molecule has 2 heterocycles. The topological polar surface area (TPSA) is 52.1 Å². The molecule has 0 spiro atoms. The molecule has 0 bridgehead atoms. The van der Waals surface area contributed by atoms with Crippen molar-refractivity contribution in [1.82, 2.24) is 15.5 Å². The van der Waals surface area contributed by atoms with Gasteiger partial charge >= 0.3 is 0 Å². The summed E-state index contributed by atoms with van der Waals surface area (Å²) in [7, 11) is 0. The molecule has 6 nitrogen and oxygen atoms in total. The number of likely N-dealkylation sites (tertiary alicyclic amines) is 1. The Kier molecular flexibility index (Phi) is 8.02. The highest BCUT2D eigenvalue weighted by molar-refractivity contribution is 5.80. The van der Waals surface area contributed by atoms with Crippen molar-refractivity contribution < 1.29 is 4.74 Å².